The number of hydrogen-bond donors (Lipinski definition) is 2. The molecule has 1 atom stereocenters. The smallest absolute Gasteiger partial charge is 0.368 e. The molecule has 0 unspecified atom stereocenters. The summed E-state index contributed by atoms with van der Waals surface area (Å²) in [5.41, 5.74) is 5.02. The van der Waals surface area contributed by atoms with Crippen LogP contribution in [0.25, 0.3) is 10.8 Å². The van der Waals surface area contributed by atoms with E-state index in [0.29, 0.717) is 0 Å². The summed E-state index contributed by atoms with van der Waals surface area (Å²) >= 11 is 0. The minimum Gasteiger partial charge on any atom is -0.368 e. The Morgan fingerprint density at radius 2 is 1.64 bits per heavy atom. The summed E-state index contributed by atoms with van der Waals surface area (Å²) in [6.07, 6.45) is -4.44. The van der Waals surface area contributed by atoms with Crippen molar-refractivity contribution in [3.05, 3.63) is 83.4 Å². The average molecular weight is 386 g/mol. The number of amides is 2. The maximum atomic E-state index is 12.8. The summed E-state index contributed by atoms with van der Waals surface area (Å²) in [5, 5.41) is 4.42. The van der Waals surface area contributed by atoms with Gasteiger partial charge < -0.3 is 11.1 Å². The summed E-state index contributed by atoms with van der Waals surface area (Å²) in [4.78, 5) is 24.1. The Kier molecular flexibility index (Phi) is 5.35. The van der Waals surface area contributed by atoms with Crippen molar-refractivity contribution in [2.75, 3.05) is 0 Å². The molecule has 0 saturated heterocycles. The Morgan fingerprint density at radius 1 is 0.929 bits per heavy atom. The van der Waals surface area contributed by atoms with Gasteiger partial charge >= 0.3 is 6.18 Å². The van der Waals surface area contributed by atoms with Crippen LogP contribution >= 0.6 is 0 Å². The van der Waals surface area contributed by atoms with Gasteiger partial charge in [-0.05, 0) is 34.5 Å². The number of carbonyl (C=O) groups is 2. The lowest BCUT2D eigenvalue weighted by Gasteiger charge is -2.16. The van der Waals surface area contributed by atoms with E-state index in [2.05, 4.69) is 5.32 Å². The van der Waals surface area contributed by atoms with Crippen LogP contribution in [-0.2, 0) is 17.4 Å². The Balaban J connectivity index is 1.79. The lowest BCUT2D eigenvalue weighted by atomic mass is 10.0. The maximum Gasteiger partial charge on any atom is 0.416 e. The molecular weight excluding hydrogens is 369 g/mol. The van der Waals surface area contributed by atoms with Crippen molar-refractivity contribution in [3.8, 4) is 0 Å². The lowest BCUT2D eigenvalue weighted by molar-refractivity contribution is -0.137. The monoisotopic (exact) mass is 386 g/mol. The zero-order valence-corrected chi connectivity index (χ0v) is 14.7. The SMILES string of the molecule is NC(=O)[C@H](Cc1ccc2ccccc2c1)NC(=O)c1cccc(C(F)(F)F)c1. The van der Waals surface area contributed by atoms with E-state index in [9.17, 15) is 22.8 Å². The van der Waals surface area contributed by atoms with Gasteiger partial charge in [-0.25, -0.2) is 0 Å². The zero-order valence-electron chi connectivity index (χ0n) is 14.7. The van der Waals surface area contributed by atoms with Crippen molar-refractivity contribution < 1.29 is 22.8 Å². The average Bonchev–Trinajstić information content (AvgIpc) is 2.66. The third kappa shape index (κ3) is 4.49. The number of alkyl halides is 3. The number of benzene rings is 3. The van der Waals surface area contributed by atoms with Crippen LogP contribution in [0, 0.1) is 0 Å². The van der Waals surface area contributed by atoms with E-state index in [1.165, 1.54) is 6.07 Å². The first-order valence-electron chi connectivity index (χ1n) is 8.49. The molecule has 3 aromatic rings. The number of halogens is 3. The Labute approximate surface area is 159 Å². The highest BCUT2D eigenvalue weighted by molar-refractivity contribution is 5.97. The number of nitrogens with two attached hydrogens (primary N) is 1. The summed E-state index contributed by atoms with van der Waals surface area (Å²) < 4.78 is 38.5. The van der Waals surface area contributed by atoms with Crippen molar-refractivity contribution in [1.29, 1.82) is 0 Å². The van der Waals surface area contributed by atoms with Gasteiger partial charge in [0.2, 0.25) is 5.91 Å². The number of rotatable bonds is 5. The molecule has 0 spiro atoms. The summed E-state index contributed by atoms with van der Waals surface area (Å²) in [6, 6.07) is 16.2. The molecule has 0 bridgehead atoms. The molecule has 28 heavy (non-hydrogen) atoms. The molecule has 3 aromatic carbocycles. The van der Waals surface area contributed by atoms with E-state index in [-0.39, 0.29) is 12.0 Å². The van der Waals surface area contributed by atoms with Gasteiger partial charge in [0.1, 0.15) is 6.04 Å². The quantitative estimate of drug-likeness (QED) is 0.702. The molecule has 3 rings (SSSR count). The first kappa shape index (κ1) is 19.4. The van der Waals surface area contributed by atoms with Gasteiger partial charge in [0.15, 0.2) is 0 Å². The van der Waals surface area contributed by atoms with Crippen molar-refractivity contribution in [3.63, 3.8) is 0 Å². The highest BCUT2D eigenvalue weighted by Crippen LogP contribution is 2.29. The number of primary amides is 1. The molecule has 0 heterocycles. The van der Waals surface area contributed by atoms with Crippen molar-refractivity contribution in [2.24, 2.45) is 5.73 Å². The molecule has 0 aliphatic heterocycles. The maximum absolute atomic E-state index is 12.8. The van der Waals surface area contributed by atoms with E-state index in [1.54, 1.807) is 0 Å². The fraction of sp³-hybridized carbons (Fsp3) is 0.143. The van der Waals surface area contributed by atoms with Gasteiger partial charge in [-0.15, -0.1) is 0 Å². The van der Waals surface area contributed by atoms with Gasteiger partial charge in [-0.2, -0.15) is 13.2 Å². The first-order chi connectivity index (χ1) is 13.2. The molecule has 0 aliphatic carbocycles. The predicted octanol–water partition coefficient (Wildman–Crippen LogP) is 3.69. The van der Waals surface area contributed by atoms with E-state index >= 15 is 0 Å². The molecule has 2 amide bonds. The van der Waals surface area contributed by atoms with Crippen LogP contribution in [0.3, 0.4) is 0 Å². The Bertz CT molecular complexity index is 1030. The first-order valence-corrected chi connectivity index (χ1v) is 8.49. The minimum atomic E-state index is -4.57. The number of fused-ring (bicyclic) bond motifs is 1. The second kappa shape index (κ2) is 7.72. The molecular formula is C21H17F3N2O2. The Morgan fingerprint density at radius 3 is 2.32 bits per heavy atom. The van der Waals surface area contributed by atoms with Gasteiger partial charge in [0, 0.05) is 12.0 Å². The fourth-order valence-corrected chi connectivity index (χ4v) is 2.90. The van der Waals surface area contributed by atoms with E-state index in [4.69, 9.17) is 5.73 Å². The third-order valence-electron chi connectivity index (χ3n) is 4.35. The Hall–Kier alpha value is -3.35. The second-order valence-electron chi connectivity index (χ2n) is 6.39. The van der Waals surface area contributed by atoms with Gasteiger partial charge in [0.25, 0.3) is 5.91 Å². The van der Waals surface area contributed by atoms with Crippen LogP contribution in [-0.4, -0.2) is 17.9 Å². The third-order valence-corrected chi connectivity index (χ3v) is 4.35. The molecule has 0 saturated carbocycles. The number of nitrogens with one attached hydrogen (secondary N) is 1. The summed E-state index contributed by atoms with van der Waals surface area (Å²) in [7, 11) is 0. The normalized spacial score (nSPS) is 12.5. The van der Waals surface area contributed by atoms with Crippen LogP contribution < -0.4 is 11.1 Å². The van der Waals surface area contributed by atoms with Crippen molar-refractivity contribution >= 4 is 22.6 Å². The topological polar surface area (TPSA) is 72.2 Å². The number of hydrogen-bond acceptors (Lipinski definition) is 2. The van der Waals surface area contributed by atoms with Crippen LogP contribution in [0.5, 0.6) is 0 Å². The zero-order chi connectivity index (χ0) is 20.3. The molecule has 0 aliphatic rings. The molecule has 3 N–H and O–H groups in total. The van der Waals surface area contributed by atoms with Gasteiger partial charge in [0.05, 0.1) is 5.56 Å². The number of carbonyl (C=O) groups excluding carboxylic acids is 2. The highest BCUT2D eigenvalue weighted by Gasteiger charge is 2.31. The van der Waals surface area contributed by atoms with Gasteiger partial charge in [-0.3, -0.25) is 9.59 Å². The van der Waals surface area contributed by atoms with E-state index in [0.717, 1.165) is 34.5 Å². The van der Waals surface area contributed by atoms with Crippen LogP contribution in [0.15, 0.2) is 66.7 Å². The second-order valence-corrected chi connectivity index (χ2v) is 6.39. The molecule has 0 radical (unpaired) electrons. The summed E-state index contributed by atoms with van der Waals surface area (Å²) in [6.45, 7) is 0. The van der Waals surface area contributed by atoms with Crippen LogP contribution in [0.1, 0.15) is 21.5 Å². The molecule has 7 heteroatoms. The standard InChI is InChI=1S/C21H17F3N2O2/c22-21(23,24)17-7-3-6-16(12-17)20(28)26-18(19(25)27)11-13-8-9-14-4-1-2-5-15(14)10-13/h1-10,12,18H,11H2,(H2,25,27)(H,26,28)/t18-/m0/s1. The molecule has 0 fully saturated rings. The molecule has 4 nitrogen and oxygen atoms in total. The largest absolute Gasteiger partial charge is 0.416 e. The minimum absolute atomic E-state index is 0.130. The lowest BCUT2D eigenvalue weighted by Crippen LogP contribution is -2.45. The predicted molar refractivity (Wildman–Crippen MR) is 99.5 cm³/mol. The van der Waals surface area contributed by atoms with E-state index < -0.39 is 29.6 Å². The van der Waals surface area contributed by atoms with Crippen LogP contribution in [0.2, 0.25) is 0 Å². The summed E-state index contributed by atoms with van der Waals surface area (Å²) in [5.74, 6) is -1.57. The fourth-order valence-electron chi connectivity index (χ4n) is 2.90. The van der Waals surface area contributed by atoms with Crippen molar-refractivity contribution in [1.82, 2.24) is 5.32 Å². The van der Waals surface area contributed by atoms with Crippen LogP contribution in [0.4, 0.5) is 13.2 Å². The van der Waals surface area contributed by atoms with E-state index in [1.807, 2.05) is 42.5 Å². The van der Waals surface area contributed by atoms with Gasteiger partial charge in [-0.1, -0.05) is 48.5 Å². The highest BCUT2D eigenvalue weighted by atomic mass is 19.4. The molecule has 144 valence electrons. The molecule has 0 aromatic heterocycles. The van der Waals surface area contributed by atoms with Crippen molar-refractivity contribution in [2.45, 2.75) is 18.6 Å².